The fourth-order valence-corrected chi connectivity index (χ4v) is 1.81. The molecule has 0 spiro atoms. The molecule has 106 valence electrons. The third kappa shape index (κ3) is 3.80. The van der Waals surface area contributed by atoms with Gasteiger partial charge >= 0.3 is 0 Å². The van der Waals surface area contributed by atoms with E-state index in [0.29, 0.717) is 18.1 Å². The van der Waals surface area contributed by atoms with Crippen molar-refractivity contribution in [1.82, 2.24) is 20.1 Å². The number of carbonyl (C=O) groups is 1. The molecule has 1 aromatic heterocycles. The number of hydrogen-bond acceptors (Lipinski definition) is 4. The van der Waals surface area contributed by atoms with Gasteiger partial charge in [0.15, 0.2) is 11.9 Å². The Hall–Kier alpha value is -1.89. The van der Waals surface area contributed by atoms with Crippen molar-refractivity contribution in [3.8, 4) is 5.75 Å². The maximum atomic E-state index is 11.9. The molecule has 2 aromatic rings. The van der Waals surface area contributed by atoms with Crippen molar-refractivity contribution in [3.63, 3.8) is 0 Å². The Bertz CT molecular complexity index is 582. The summed E-state index contributed by atoms with van der Waals surface area (Å²) in [5.74, 6) is 1.14. The number of carbonyl (C=O) groups excluding carboxylic acids is 1. The average Bonchev–Trinajstić information content (AvgIpc) is 2.84. The van der Waals surface area contributed by atoms with E-state index in [1.54, 1.807) is 30.0 Å². The number of halogens is 1. The van der Waals surface area contributed by atoms with Gasteiger partial charge in [-0.25, -0.2) is 0 Å². The third-order valence-corrected chi connectivity index (χ3v) is 3.25. The van der Waals surface area contributed by atoms with E-state index < -0.39 is 6.10 Å². The Morgan fingerprint density at radius 2 is 2.15 bits per heavy atom. The van der Waals surface area contributed by atoms with Crippen molar-refractivity contribution in [3.05, 3.63) is 40.9 Å². The molecule has 1 atom stereocenters. The van der Waals surface area contributed by atoms with Crippen LogP contribution in [-0.4, -0.2) is 26.8 Å². The molecule has 2 rings (SSSR count). The zero-order valence-corrected chi connectivity index (χ0v) is 12.8. The van der Waals surface area contributed by atoms with Crippen LogP contribution in [0.2, 0.25) is 0 Å². The van der Waals surface area contributed by atoms with Crippen molar-refractivity contribution in [2.45, 2.75) is 19.6 Å². The fraction of sp³-hybridized carbons (Fsp3) is 0.308. The number of rotatable bonds is 5. The first-order chi connectivity index (χ1) is 9.56. The van der Waals surface area contributed by atoms with Crippen LogP contribution in [0.4, 0.5) is 0 Å². The molecule has 6 nitrogen and oxygen atoms in total. The summed E-state index contributed by atoms with van der Waals surface area (Å²) in [6.07, 6.45) is 1.01. The second-order valence-corrected chi connectivity index (χ2v) is 5.21. The van der Waals surface area contributed by atoms with E-state index in [2.05, 4.69) is 31.4 Å². The second kappa shape index (κ2) is 6.51. The topological polar surface area (TPSA) is 69.0 Å². The Kier molecular flexibility index (Phi) is 4.73. The van der Waals surface area contributed by atoms with Crippen LogP contribution >= 0.6 is 15.9 Å². The Balaban J connectivity index is 1.86. The average molecular weight is 339 g/mol. The second-order valence-electron chi connectivity index (χ2n) is 4.29. The molecule has 1 aromatic carbocycles. The van der Waals surface area contributed by atoms with E-state index in [4.69, 9.17) is 4.74 Å². The van der Waals surface area contributed by atoms with Crippen molar-refractivity contribution >= 4 is 21.8 Å². The SMILES string of the molecule is C[C@@H](Oc1ccc(Br)cc1)C(=O)NCc1nncn1C. The highest BCUT2D eigenvalue weighted by Crippen LogP contribution is 2.17. The largest absolute Gasteiger partial charge is 0.481 e. The lowest BCUT2D eigenvalue weighted by atomic mass is 10.3. The van der Waals surface area contributed by atoms with Gasteiger partial charge in [0, 0.05) is 11.5 Å². The number of nitrogens with one attached hydrogen (secondary N) is 1. The summed E-state index contributed by atoms with van der Waals surface area (Å²) in [4.78, 5) is 11.9. The molecule has 1 heterocycles. The molecular weight excluding hydrogens is 324 g/mol. The standard InChI is InChI=1S/C13H15BrN4O2/c1-9(20-11-5-3-10(14)4-6-11)13(19)15-7-12-17-16-8-18(12)2/h3-6,8-9H,7H2,1-2H3,(H,15,19)/t9-/m1/s1. The van der Waals surface area contributed by atoms with E-state index in [-0.39, 0.29) is 5.91 Å². The van der Waals surface area contributed by atoms with Gasteiger partial charge in [0.05, 0.1) is 6.54 Å². The van der Waals surface area contributed by atoms with Gasteiger partial charge < -0.3 is 14.6 Å². The van der Waals surface area contributed by atoms with Gasteiger partial charge in [-0.1, -0.05) is 15.9 Å². The number of aromatic nitrogens is 3. The predicted molar refractivity (Wildman–Crippen MR) is 77.1 cm³/mol. The molecule has 0 radical (unpaired) electrons. The lowest BCUT2D eigenvalue weighted by Crippen LogP contribution is -2.36. The van der Waals surface area contributed by atoms with E-state index in [0.717, 1.165) is 4.47 Å². The Morgan fingerprint density at radius 3 is 2.75 bits per heavy atom. The number of aryl methyl sites for hydroxylation is 1. The summed E-state index contributed by atoms with van der Waals surface area (Å²) in [5, 5.41) is 10.4. The highest BCUT2D eigenvalue weighted by molar-refractivity contribution is 9.10. The zero-order valence-electron chi connectivity index (χ0n) is 11.2. The van der Waals surface area contributed by atoms with Crippen LogP contribution in [0, 0.1) is 0 Å². The van der Waals surface area contributed by atoms with Crippen LogP contribution < -0.4 is 10.1 Å². The molecular formula is C13H15BrN4O2. The molecule has 0 aliphatic rings. The van der Waals surface area contributed by atoms with Gasteiger partial charge in [-0.2, -0.15) is 0 Å². The molecule has 0 bridgehead atoms. The normalized spacial score (nSPS) is 11.9. The van der Waals surface area contributed by atoms with Gasteiger partial charge in [0.2, 0.25) is 0 Å². The van der Waals surface area contributed by atoms with E-state index in [9.17, 15) is 4.79 Å². The maximum Gasteiger partial charge on any atom is 0.261 e. The molecule has 20 heavy (non-hydrogen) atoms. The summed E-state index contributed by atoms with van der Waals surface area (Å²) in [7, 11) is 1.82. The molecule has 0 saturated heterocycles. The summed E-state index contributed by atoms with van der Waals surface area (Å²) in [5.41, 5.74) is 0. The summed E-state index contributed by atoms with van der Waals surface area (Å²) >= 11 is 3.34. The number of nitrogens with zero attached hydrogens (tertiary/aromatic N) is 3. The predicted octanol–water partition coefficient (Wildman–Crippen LogP) is 1.66. The molecule has 0 unspecified atom stereocenters. The Morgan fingerprint density at radius 1 is 1.45 bits per heavy atom. The molecule has 0 aliphatic heterocycles. The minimum atomic E-state index is -0.579. The van der Waals surface area contributed by atoms with Crippen LogP contribution in [0.25, 0.3) is 0 Å². The van der Waals surface area contributed by atoms with Crippen LogP contribution in [0.15, 0.2) is 35.1 Å². The number of benzene rings is 1. The fourth-order valence-electron chi connectivity index (χ4n) is 1.55. The summed E-state index contributed by atoms with van der Waals surface area (Å²) in [6.45, 7) is 2.03. The van der Waals surface area contributed by atoms with Crippen LogP contribution in [0.5, 0.6) is 5.75 Å². The van der Waals surface area contributed by atoms with Crippen molar-refractivity contribution < 1.29 is 9.53 Å². The summed E-state index contributed by atoms with van der Waals surface area (Å²) in [6, 6.07) is 7.33. The molecule has 0 aliphatic carbocycles. The lowest BCUT2D eigenvalue weighted by molar-refractivity contribution is -0.127. The molecule has 7 heteroatoms. The number of amides is 1. The first kappa shape index (κ1) is 14.5. The first-order valence-corrected chi connectivity index (χ1v) is 6.88. The van der Waals surface area contributed by atoms with E-state index in [1.807, 2.05) is 19.2 Å². The number of ether oxygens (including phenoxy) is 1. The van der Waals surface area contributed by atoms with Gasteiger partial charge in [-0.3, -0.25) is 4.79 Å². The van der Waals surface area contributed by atoms with Crippen LogP contribution in [0.3, 0.4) is 0 Å². The van der Waals surface area contributed by atoms with Crippen molar-refractivity contribution in [1.29, 1.82) is 0 Å². The zero-order chi connectivity index (χ0) is 14.5. The van der Waals surface area contributed by atoms with Gasteiger partial charge in [0.25, 0.3) is 5.91 Å². The smallest absolute Gasteiger partial charge is 0.261 e. The van der Waals surface area contributed by atoms with Crippen molar-refractivity contribution in [2.24, 2.45) is 7.05 Å². The van der Waals surface area contributed by atoms with Crippen molar-refractivity contribution in [2.75, 3.05) is 0 Å². The Labute approximate surface area is 125 Å². The minimum absolute atomic E-state index is 0.198. The monoisotopic (exact) mass is 338 g/mol. The number of hydrogen-bond donors (Lipinski definition) is 1. The molecule has 1 amide bonds. The van der Waals surface area contributed by atoms with Crippen LogP contribution in [-0.2, 0) is 18.4 Å². The highest BCUT2D eigenvalue weighted by Gasteiger charge is 2.15. The van der Waals surface area contributed by atoms with E-state index in [1.165, 1.54) is 0 Å². The molecule has 1 N–H and O–H groups in total. The third-order valence-electron chi connectivity index (χ3n) is 2.72. The van der Waals surface area contributed by atoms with Gasteiger partial charge in [-0.05, 0) is 31.2 Å². The lowest BCUT2D eigenvalue weighted by Gasteiger charge is -2.14. The maximum absolute atomic E-state index is 11.9. The highest BCUT2D eigenvalue weighted by atomic mass is 79.9. The summed E-state index contributed by atoms with van der Waals surface area (Å²) < 4.78 is 8.27. The van der Waals surface area contributed by atoms with E-state index >= 15 is 0 Å². The minimum Gasteiger partial charge on any atom is -0.481 e. The van der Waals surface area contributed by atoms with Gasteiger partial charge in [-0.15, -0.1) is 10.2 Å². The van der Waals surface area contributed by atoms with Gasteiger partial charge in [0.1, 0.15) is 12.1 Å². The first-order valence-electron chi connectivity index (χ1n) is 6.09. The molecule has 0 saturated carbocycles. The quantitative estimate of drug-likeness (QED) is 0.900. The van der Waals surface area contributed by atoms with Crippen LogP contribution in [0.1, 0.15) is 12.7 Å². The molecule has 0 fully saturated rings.